The van der Waals surface area contributed by atoms with Crippen LogP contribution in [0.2, 0.25) is 5.02 Å². The Balaban J connectivity index is 1.47. The number of ether oxygens (including phenoxy) is 2. The minimum atomic E-state index is -0.387. The summed E-state index contributed by atoms with van der Waals surface area (Å²) in [4.78, 5) is 24.1. The average Bonchev–Trinajstić information content (AvgIpc) is 3.24. The number of carbonyl (C=O) groups excluding carboxylic acids is 2. The highest BCUT2D eigenvalue weighted by Gasteiger charge is 2.14. The number of benzene rings is 2. The number of hydrogen-bond donors (Lipinski definition) is 1. The van der Waals surface area contributed by atoms with Crippen molar-refractivity contribution in [3.05, 3.63) is 64.4 Å². The Morgan fingerprint density at radius 3 is 2.57 bits per heavy atom. The molecule has 3 aromatic rings. The molecule has 186 valence electrons. The van der Waals surface area contributed by atoms with E-state index < -0.39 is 0 Å². The van der Waals surface area contributed by atoms with Crippen LogP contribution in [0.5, 0.6) is 5.75 Å². The third-order valence-corrected chi connectivity index (χ3v) is 6.26. The standard InChI is InChI=1S/C25H29ClN4O4S/c1-4-30-22(7-6-14-34-21-13-10-19(26)15-17(21)3)28-29-25(30)35-16-23(31)27-20-11-8-18(9-12-20)24(32)33-5-2/h8-13,15H,4-7,14,16H2,1-3H3,(H,27,31). The van der Waals surface area contributed by atoms with Gasteiger partial charge in [-0.2, -0.15) is 0 Å². The van der Waals surface area contributed by atoms with E-state index in [2.05, 4.69) is 15.5 Å². The van der Waals surface area contributed by atoms with Crippen LogP contribution in [0.4, 0.5) is 5.69 Å². The van der Waals surface area contributed by atoms with Gasteiger partial charge >= 0.3 is 5.97 Å². The lowest BCUT2D eigenvalue weighted by molar-refractivity contribution is -0.113. The molecule has 0 aliphatic carbocycles. The van der Waals surface area contributed by atoms with E-state index in [0.29, 0.717) is 47.6 Å². The number of aryl methyl sites for hydroxylation is 2. The van der Waals surface area contributed by atoms with E-state index in [4.69, 9.17) is 21.1 Å². The minimum absolute atomic E-state index is 0.169. The molecule has 0 aliphatic heterocycles. The number of thioether (sulfide) groups is 1. The summed E-state index contributed by atoms with van der Waals surface area (Å²) < 4.78 is 12.8. The van der Waals surface area contributed by atoms with Gasteiger partial charge < -0.3 is 19.4 Å². The van der Waals surface area contributed by atoms with Gasteiger partial charge in [0.2, 0.25) is 5.91 Å². The van der Waals surface area contributed by atoms with Crippen molar-refractivity contribution in [3.8, 4) is 5.75 Å². The highest BCUT2D eigenvalue weighted by atomic mass is 35.5. The van der Waals surface area contributed by atoms with E-state index in [1.807, 2.05) is 36.6 Å². The molecule has 1 aromatic heterocycles. The summed E-state index contributed by atoms with van der Waals surface area (Å²) in [6, 6.07) is 12.2. The maximum absolute atomic E-state index is 12.4. The van der Waals surface area contributed by atoms with Crippen molar-refractivity contribution >= 4 is 40.9 Å². The predicted octanol–water partition coefficient (Wildman–Crippen LogP) is 5.18. The molecule has 0 saturated heterocycles. The number of carbonyl (C=O) groups is 2. The van der Waals surface area contributed by atoms with Crippen molar-refractivity contribution < 1.29 is 19.1 Å². The van der Waals surface area contributed by atoms with E-state index in [1.54, 1.807) is 31.2 Å². The van der Waals surface area contributed by atoms with Gasteiger partial charge in [-0.15, -0.1) is 10.2 Å². The van der Waals surface area contributed by atoms with Crippen LogP contribution in [0, 0.1) is 6.92 Å². The quantitative estimate of drug-likeness (QED) is 0.201. The zero-order valence-corrected chi connectivity index (χ0v) is 21.6. The number of halogens is 1. The molecule has 0 unspecified atom stereocenters. The van der Waals surface area contributed by atoms with Crippen LogP contribution >= 0.6 is 23.4 Å². The molecule has 0 bridgehead atoms. The highest BCUT2D eigenvalue weighted by Crippen LogP contribution is 2.22. The average molecular weight is 517 g/mol. The number of nitrogens with one attached hydrogen (secondary N) is 1. The lowest BCUT2D eigenvalue weighted by Gasteiger charge is -2.10. The fraction of sp³-hybridized carbons (Fsp3) is 0.360. The summed E-state index contributed by atoms with van der Waals surface area (Å²) in [5.74, 6) is 1.32. The Morgan fingerprint density at radius 1 is 1.11 bits per heavy atom. The van der Waals surface area contributed by atoms with Gasteiger partial charge in [0, 0.05) is 23.7 Å². The summed E-state index contributed by atoms with van der Waals surface area (Å²) >= 11 is 7.32. The molecule has 8 nitrogen and oxygen atoms in total. The Labute approximate surface area is 214 Å². The summed E-state index contributed by atoms with van der Waals surface area (Å²) in [5, 5.41) is 12.8. The molecule has 0 fully saturated rings. The van der Waals surface area contributed by atoms with Gasteiger partial charge in [-0.3, -0.25) is 4.79 Å². The molecular weight excluding hydrogens is 488 g/mol. The fourth-order valence-corrected chi connectivity index (χ4v) is 4.39. The van der Waals surface area contributed by atoms with Crippen molar-refractivity contribution in [1.82, 2.24) is 14.8 Å². The van der Waals surface area contributed by atoms with Crippen molar-refractivity contribution in [1.29, 1.82) is 0 Å². The Hall–Kier alpha value is -3.04. The van der Waals surface area contributed by atoms with Crippen LogP contribution in [0.15, 0.2) is 47.6 Å². The molecule has 0 spiro atoms. The van der Waals surface area contributed by atoms with Crippen LogP contribution in [0.25, 0.3) is 0 Å². The van der Waals surface area contributed by atoms with Crippen LogP contribution < -0.4 is 10.1 Å². The second-order valence-electron chi connectivity index (χ2n) is 7.64. The molecule has 0 atom stereocenters. The summed E-state index contributed by atoms with van der Waals surface area (Å²) in [6.45, 7) is 7.32. The number of anilines is 1. The van der Waals surface area contributed by atoms with Crippen molar-refractivity contribution in [2.45, 2.75) is 45.3 Å². The summed E-state index contributed by atoms with van der Waals surface area (Å²) in [7, 11) is 0. The molecule has 10 heteroatoms. The monoisotopic (exact) mass is 516 g/mol. The molecular formula is C25H29ClN4O4S. The molecule has 0 saturated carbocycles. The number of amides is 1. The van der Waals surface area contributed by atoms with Gasteiger partial charge in [-0.25, -0.2) is 4.79 Å². The Morgan fingerprint density at radius 2 is 1.89 bits per heavy atom. The van der Waals surface area contributed by atoms with Crippen molar-refractivity contribution in [2.24, 2.45) is 0 Å². The van der Waals surface area contributed by atoms with Crippen molar-refractivity contribution in [3.63, 3.8) is 0 Å². The van der Waals surface area contributed by atoms with E-state index >= 15 is 0 Å². The van der Waals surface area contributed by atoms with Crippen LogP contribution in [-0.4, -0.2) is 45.6 Å². The first-order valence-corrected chi connectivity index (χ1v) is 12.8. The van der Waals surface area contributed by atoms with Gasteiger partial charge in [0.25, 0.3) is 0 Å². The molecule has 2 aromatic carbocycles. The summed E-state index contributed by atoms with van der Waals surface area (Å²) in [5.41, 5.74) is 2.05. The SMILES string of the molecule is CCOC(=O)c1ccc(NC(=O)CSc2nnc(CCCOc3ccc(Cl)cc3C)n2CC)cc1. The summed E-state index contributed by atoms with van der Waals surface area (Å²) in [6.07, 6.45) is 1.50. The van der Waals surface area contributed by atoms with Crippen molar-refractivity contribution in [2.75, 3.05) is 24.3 Å². The number of aromatic nitrogens is 3. The molecule has 3 rings (SSSR count). The van der Waals surface area contributed by atoms with E-state index in [1.165, 1.54) is 11.8 Å². The first-order chi connectivity index (χ1) is 16.9. The highest BCUT2D eigenvalue weighted by molar-refractivity contribution is 7.99. The largest absolute Gasteiger partial charge is 0.493 e. The lowest BCUT2D eigenvalue weighted by Crippen LogP contribution is -2.15. The smallest absolute Gasteiger partial charge is 0.338 e. The van der Waals surface area contributed by atoms with Crippen LogP contribution in [0.1, 0.15) is 42.0 Å². The van der Waals surface area contributed by atoms with Gasteiger partial charge in [-0.05, 0) is 75.2 Å². The maximum Gasteiger partial charge on any atom is 0.338 e. The second kappa shape index (κ2) is 13.2. The topological polar surface area (TPSA) is 95.3 Å². The van der Waals surface area contributed by atoms with E-state index in [-0.39, 0.29) is 17.6 Å². The third-order valence-electron chi connectivity index (χ3n) is 5.06. The fourth-order valence-electron chi connectivity index (χ4n) is 3.35. The van der Waals surface area contributed by atoms with E-state index in [0.717, 1.165) is 23.6 Å². The Bertz CT molecular complexity index is 1150. The number of esters is 1. The number of hydrogen-bond acceptors (Lipinski definition) is 7. The first kappa shape index (κ1) is 26.6. The number of rotatable bonds is 12. The number of nitrogens with zero attached hydrogens (tertiary/aromatic N) is 3. The zero-order chi connectivity index (χ0) is 25.2. The van der Waals surface area contributed by atoms with Gasteiger partial charge in [-0.1, -0.05) is 23.4 Å². The first-order valence-electron chi connectivity index (χ1n) is 11.4. The molecule has 1 amide bonds. The normalized spacial score (nSPS) is 10.7. The van der Waals surface area contributed by atoms with Crippen LogP contribution in [0.3, 0.4) is 0 Å². The molecule has 35 heavy (non-hydrogen) atoms. The zero-order valence-electron chi connectivity index (χ0n) is 20.0. The Kier molecular flexibility index (Phi) is 9.98. The maximum atomic E-state index is 12.4. The molecule has 1 N–H and O–H groups in total. The van der Waals surface area contributed by atoms with Gasteiger partial charge in [0.05, 0.1) is 24.5 Å². The van der Waals surface area contributed by atoms with E-state index in [9.17, 15) is 9.59 Å². The molecule has 1 heterocycles. The molecule has 0 aliphatic rings. The minimum Gasteiger partial charge on any atom is -0.493 e. The van der Waals surface area contributed by atoms with Crippen LogP contribution in [-0.2, 0) is 22.5 Å². The van der Waals surface area contributed by atoms with Gasteiger partial charge in [0.15, 0.2) is 5.16 Å². The predicted molar refractivity (Wildman–Crippen MR) is 137 cm³/mol. The third kappa shape index (κ3) is 7.73. The lowest BCUT2D eigenvalue weighted by atomic mass is 10.2. The second-order valence-corrected chi connectivity index (χ2v) is 9.02. The van der Waals surface area contributed by atoms with Gasteiger partial charge in [0.1, 0.15) is 11.6 Å². The molecule has 0 radical (unpaired) electrons.